The highest BCUT2D eigenvalue weighted by Gasteiger charge is 2.19. The van der Waals surface area contributed by atoms with Gasteiger partial charge in [0.15, 0.2) is 0 Å². The van der Waals surface area contributed by atoms with E-state index in [4.69, 9.17) is 4.42 Å². The molecule has 5 heteroatoms. The van der Waals surface area contributed by atoms with E-state index in [-0.39, 0.29) is 0 Å². The molecule has 0 unspecified atom stereocenters. The summed E-state index contributed by atoms with van der Waals surface area (Å²) in [6.07, 6.45) is 3.34. The highest BCUT2D eigenvalue weighted by Crippen LogP contribution is 2.15. The Morgan fingerprint density at radius 1 is 1.44 bits per heavy atom. The normalized spacial score (nSPS) is 17.7. The van der Waals surface area contributed by atoms with Crippen molar-refractivity contribution in [2.24, 2.45) is 0 Å². The van der Waals surface area contributed by atoms with Crippen LogP contribution in [0.1, 0.15) is 12.2 Å². The van der Waals surface area contributed by atoms with Gasteiger partial charge in [-0.25, -0.2) is 4.98 Å². The summed E-state index contributed by atoms with van der Waals surface area (Å²) in [6.45, 7) is 6.53. The summed E-state index contributed by atoms with van der Waals surface area (Å²) in [4.78, 5) is 18.9. The fourth-order valence-corrected chi connectivity index (χ4v) is 1.89. The first-order valence-electron chi connectivity index (χ1n) is 5.63. The van der Waals surface area contributed by atoms with Crippen LogP contribution in [0.25, 0.3) is 0 Å². The van der Waals surface area contributed by atoms with Gasteiger partial charge in [0.1, 0.15) is 12.0 Å². The summed E-state index contributed by atoms with van der Waals surface area (Å²) >= 11 is 0. The standard InChI is InChI=1S/C11H17N3O2/c1-10-9-12-11(16-10)14-6-4-13(5-7-14)3-2-8-15/h8-9H,2-7H2,1H3. The minimum atomic E-state index is 0.623. The van der Waals surface area contributed by atoms with Gasteiger partial charge in [-0.3, -0.25) is 4.90 Å². The number of carbonyl (C=O) groups excluding carboxylic acids is 1. The summed E-state index contributed by atoms with van der Waals surface area (Å²) in [5, 5.41) is 0. The second-order valence-corrected chi connectivity index (χ2v) is 4.04. The van der Waals surface area contributed by atoms with E-state index in [0.29, 0.717) is 12.4 Å². The maximum absolute atomic E-state index is 10.3. The molecule has 1 aromatic heterocycles. The van der Waals surface area contributed by atoms with E-state index in [1.165, 1.54) is 0 Å². The van der Waals surface area contributed by atoms with Crippen molar-refractivity contribution in [3.63, 3.8) is 0 Å². The van der Waals surface area contributed by atoms with Gasteiger partial charge in [0, 0.05) is 39.1 Å². The molecule has 1 fully saturated rings. The van der Waals surface area contributed by atoms with Crippen LogP contribution in [-0.4, -0.2) is 48.9 Å². The first-order chi connectivity index (χ1) is 7.79. The molecule has 0 atom stereocenters. The Morgan fingerprint density at radius 3 is 2.75 bits per heavy atom. The van der Waals surface area contributed by atoms with E-state index < -0.39 is 0 Å². The van der Waals surface area contributed by atoms with E-state index in [1.807, 2.05) is 6.92 Å². The topological polar surface area (TPSA) is 49.6 Å². The first kappa shape index (κ1) is 11.1. The summed E-state index contributed by atoms with van der Waals surface area (Å²) in [7, 11) is 0. The van der Waals surface area contributed by atoms with Crippen molar-refractivity contribution in [3.05, 3.63) is 12.0 Å². The van der Waals surface area contributed by atoms with Crippen LogP contribution in [0.15, 0.2) is 10.6 Å². The molecule has 0 N–H and O–H groups in total. The van der Waals surface area contributed by atoms with Crippen LogP contribution in [0, 0.1) is 6.92 Å². The van der Waals surface area contributed by atoms with Crippen LogP contribution in [0.3, 0.4) is 0 Å². The molecule has 2 heterocycles. The second kappa shape index (κ2) is 5.12. The summed E-state index contributed by atoms with van der Waals surface area (Å²) < 4.78 is 5.48. The quantitative estimate of drug-likeness (QED) is 0.703. The van der Waals surface area contributed by atoms with E-state index in [2.05, 4.69) is 14.8 Å². The monoisotopic (exact) mass is 223 g/mol. The van der Waals surface area contributed by atoms with Crippen molar-refractivity contribution < 1.29 is 9.21 Å². The first-order valence-corrected chi connectivity index (χ1v) is 5.63. The number of nitrogens with zero attached hydrogens (tertiary/aromatic N) is 3. The van der Waals surface area contributed by atoms with Crippen LogP contribution in [0.5, 0.6) is 0 Å². The van der Waals surface area contributed by atoms with Crippen LogP contribution < -0.4 is 4.90 Å². The van der Waals surface area contributed by atoms with Crippen molar-refractivity contribution in [2.75, 3.05) is 37.6 Å². The Kier molecular flexibility index (Phi) is 3.56. The molecule has 0 spiro atoms. The molecule has 2 rings (SSSR count). The van der Waals surface area contributed by atoms with Crippen molar-refractivity contribution in [1.29, 1.82) is 0 Å². The maximum Gasteiger partial charge on any atom is 0.297 e. The third-order valence-corrected chi connectivity index (χ3v) is 2.82. The van der Waals surface area contributed by atoms with Crippen LogP contribution in [-0.2, 0) is 4.79 Å². The van der Waals surface area contributed by atoms with Gasteiger partial charge in [0.25, 0.3) is 6.01 Å². The Bertz CT molecular complexity index is 343. The van der Waals surface area contributed by atoms with Gasteiger partial charge in [0.2, 0.25) is 0 Å². The molecule has 88 valence electrons. The Balaban J connectivity index is 1.83. The van der Waals surface area contributed by atoms with Gasteiger partial charge in [0.05, 0.1) is 6.20 Å². The number of rotatable bonds is 4. The third kappa shape index (κ3) is 2.61. The highest BCUT2D eigenvalue weighted by molar-refractivity contribution is 5.49. The molecule has 1 aliphatic rings. The zero-order valence-electron chi connectivity index (χ0n) is 9.56. The number of hydrogen-bond acceptors (Lipinski definition) is 5. The molecule has 1 aliphatic heterocycles. The second-order valence-electron chi connectivity index (χ2n) is 4.04. The van der Waals surface area contributed by atoms with E-state index >= 15 is 0 Å². The zero-order chi connectivity index (χ0) is 11.4. The van der Waals surface area contributed by atoms with Crippen LogP contribution in [0.4, 0.5) is 6.01 Å². The molecule has 0 amide bonds. The van der Waals surface area contributed by atoms with E-state index in [9.17, 15) is 4.79 Å². The number of hydrogen-bond donors (Lipinski definition) is 0. The summed E-state index contributed by atoms with van der Waals surface area (Å²) in [5.74, 6) is 0.846. The molecular formula is C11H17N3O2. The number of piperazine rings is 1. The summed E-state index contributed by atoms with van der Waals surface area (Å²) in [6, 6.07) is 0.715. The number of aryl methyl sites for hydroxylation is 1. The van der Waals surface area contributed by atoms with Gasteiger partial charge in [-0.15, -0.1) is 0 Å². The maximum atomic E-state index is 10.3. The number of anilines is 1. The van der Waals surface area contributed by atoms with Gasteiger partial charge < -0.3 is 14.1 Å². The molecule has 0 bridgehead atoms. The number of oxazole rings is 1. The average molecular weight is 223 g/mol. The van der Waals surface area contributed by atoms with E-state index in [1.54, 1.807) is 6.20 Å². The summed E-state index contributed by atoms with van der Waals surface area (Å²) in [5.41, 5.74) is 0. The lowest BCUT2D eigenvalue weighted by Gasteiger charge is -2.33. The molecule has 0 aliphatic carbocycles. The van der Waals surface area contributed by atoms with Gasteiger partial charge in [-0.05, 0) is 6.92 Å². The molecular weight excluding hydrogens is 206 g/mol. The SMILES string of the molecule is Cc1cnc(N2CCN(CCC=O)CC2)o1. The van der Waals surface area contributed by atoms with Crippen molar-refractivity contribution in [1.82, 2.24) is 9.88 Å². The predicted octanol–water partition coefficient (Wildman–Crippen LogP) is 0.694. The molecule has 0 saturated carbocycles. The van der Waals surface area contributed by atoms with Gasteiger partial charge >= 0.3 is 0 Å². The number of aldehydes is 1. The van der Waals surface area contributed by atoms with E-state index in [0.717, 1.165) is 44.8 Å². The molecule has 5 nitrogen and oxygen atoms in total. The fourth-order valence-electron chi connectivity index (χ4n) is 1.89. The lowest BCUT2D eigenvalue weighted by molar-refractivity contribution is -0.108. The molecule has 16 heavy (non-hydrogen) atoms. The smallest absolute Gasteiger partial charge is 0.297 e. The molecule has 1 aromatic rings. The van der Waals surface area contributed by atoms with Gasteiger partial charge in [-0.1, -0.05) is 0 Å². The Hall–Kier alpha value is -1.36. The van der Waals surface area contributed by atoms with Gasteiger partial charge in [-0.2, -0.15) is 0 Å². The fraction of sp³-hybridized carbons (Fsp3) is 0.636. The van der Waals surface area contributed by atoms with Crippen LogP contribution >= 0.6 is 0 Å². The minimum Gasteiger partial charge on any atom is -0.429 e. The largest absolute Gasteiger partial charge is 0.429 e. The predicted molar refractivity (Wildman–Crippen MR) is 60.6 cm³/mol. The highest BCUT2D eigenvalue weighted by atomic mass is 16.4. The molecule has 0 radical (unpaired) electrons. The Labute approximate surface area is 95.0 Å². The minimum absolute atomic E-state index is 0.623. The average Bonchev–Trinajstić information content (AvgIpc) is 2.74. The lowest BCUT2D eigenvalue weighted by Crippen LogP contribution is -2.46. The van der Waals surface area contributed by atoms with Crippen molar-refractivity contribution in [2.45, 2.75) is 13.3 Å². The Morgan fingerprint density at radius 2 is 2.19 bits per heavy atom. The third-order valence-electron chi connectivity index (χ3n) is 2.82. The molecule has 1 saturated heterocycles. The number of aromatic nitrogens is 1. The zero-order valence-corrected chi connectivity index (χ0v) is 9.56. The van der Waals surface area contributed by atoms with Crippen molar-refractivity contribution in [3.8, 4) is 0 Å². The van der Waals surface area contributed by atoms with Crippen LogP contribution in [0.2, 0.25) is 0 Å². The molecule has 0 aromatic carbocycles. The number of carbonyl (C=O) groups is 1. The lowest BCUT2D eigenvalue weighted by atomic mass is 10.3. The van der Waals surface area contributed by atoms with Crippen molar-refractivity contribution >= 4 is 12.3 Å².